The van der Waals surface area contributed by atoms with Gasteiger partial charge < -0.3 is 9.88 Å². The van der Waals surface area contributed by atoms with Gasteiger partial charge in [0.25, 0.3) is 5.56 Å². The molecular weight excluding hydrogens is 288 g/mol. The molecule has 3 rings (SSSR count). The van der Waals surface area contributed by atoms with Gasteiger partial charge in [-0.05, 0) is 41.3 Å². The zero-order valence-electron chi connectivity index (χ0n) is 13.8. The van der Waals surface area contributed by atoms with E-state index in [1.165, 1.54) is 0 Å². The van der Waals surface area contributed by atoms with Crippen LogP contribution in [0.25, 0.3) is 10.8 Å². The van der Waals surface area contributed by atoms with Crippen molar-refractivity contribution < 1.29 is 4.79 Å². The zero-order chi connectivity index (χ0) is 16.8. The van der Waals surface area contributed by atoms with Crippen molar-refractivity contribution in [3.05, 3.63) is 58.7 Å². The Morgan fingerprint density at radius 3 is 2.57 bits per heavy atom. The molecule has 1 amide bonds. The second-order valence-electron chi connectivity index (χ2n) is 7.19. The topological polar surface area (TPSA) is 51.1 Å². The van der Waals surface area contributed by atoms with Crippen molar-refractivity contribution in [3.63, 3.8) is 0 Å². The van der Waals surface area contributed by atoms with Gasteiger partial charge in [0, 0.05) is 17.3 Å². The molecule has 0 aliphatic carbocycles. The van der Waals surface area contributed by atoms with E-state index in [4.69, 9.17) is 0 Å². The number of amides is 1. The highest BCUT2D eigenvalue weighted by atomic mass is 16.2. The maximum Gasteiger partial charge on any atom is 0.259 e. The minimum atomic E-state index is -0.462. The number of nitrogens with zero attached hydrogens (tertiary/aromatic N) is 1. The molecule has 1 saturated heterocycles. The van der Waals surface area contributed by atoms with Gasteiger partial charge in [-0.25, -0.2) is 0 Å². The highest BCUT2D eigenvalue weighted by molar-refractivity contribution is 5.87. The van der Waals surface area contributed by atoms with Gasteiger partial charge in [0.2, 0.25) is 5.91 Å². The summed E-state index contributed by atoms with van der Waals surface area (Å²) in [5.74, 6) is -0.158. The van der Waals surface area contributed by atoms with E-state index >= 15 is 0 Å². The molecule has 2 aromatic rings. The Balaban J connectivity index is 2.16. The van der Waals surface area contributed by atoms with Crippen molar-refractivity contribution in [2.75, 3.05) is 0 Å². The van der Waals surface area contributed by atoms with Gasteiger partial charge in [-0.15, -0.1) is 0 Å². The second kappa shape index (κ2) is 5.37. The van der Waals surface area contributed by atoms with E-state index in [1.807, 2.05) is 18.2 Å². The first-order chi connectivity index (χ1) is 10.8. The number of nitrogens with one attached hydrogen (secondary N) is 1. The monoisotopic (exact) mass is 310 g/mol. The molecule has 1 aromatic heterocycles. The van der Waals surface area contributed by atoms with E-state index in [-0.39, 0.29) is 16.9 Å². The van der Waals surface area contributed by atoms with Crippen molar-refractivity contribution in [1.82, 2.24) is 9.88 Å². The average molecular weight is 310 g/mol. The second-order valence-corrected chi connectivity index (χ2v) is 7.19. The van der Waals surface area contributed by atoms with Crippen LogP contribution in [-0.4, -0.2) is 10.5 Å². The SMILES string of the molecule is C=C1CCC(n2ccc3c(C(C)(C)C)cccc3c2=O)C(=O)N1. The maximum atomic E-state index is 12.9. The first kappa shape index (κ1) is 15.5. The van der Waals surface area contributed by atoms with Gasteiger partial charge in [0.15, 0.2) is 0 Å². The Bertz CT molecular complexity index is 856. The van der Waals surface area contributed by atoms with Crippen LogP contribution in [0.2, 0.25) is 0 Å². The summed E-state index contributed by atoms with van der Waals surface area (Å²) in [4.78, 5) is 25.1. The molecule has 1 aliphatic heterocycles. The van der Waals surface area contributed by atoms with Crippen LogP contribution in [0.15, 0.2) is 47.5 Å². The molecule has 2 heterocycles. The number of rotatable bonds is 1. The molecule has 0 spiro atoms. The fourth-order valence-corrected chi connectivity index (χ4v) is 3.22. The van der Waals surface area contributed by atoms with Crippen LogP contribution in [0.4, 0.5) is 0 Å². The predicted molar refractivity (Wildman–Crippen MR) is 92.5 cm³/mol. The molecule has 4 nitrogen and oxygen atoms in total. The summed E-state index contributed by atoms with van der Waals surface area (Å²) in [5.41, 5.74) is 1.70. The van der Waals surface area contributed by atoms with Crippen molar-refractivity contribution in [2.24, 2.45) is 0 Å². The number of benzene rings is 1. The van der Waals surface area contributed by atoms with Crippen molar-refractivity contribution >= 4 is 16.7 Å². The molecule has 0 saturated carbocycles. The van der Waals surface area contributed by atoms with Crippen molar-refractivity contribution in [2.45, 2.75) is 45.1 Å². The quantitative estimate of drug-likeness (QED) is 0.879. The molecule has 1 N–H and O–H groups in total. The molecular formula is C19H22N2O2. The Kier molecular flexibility index (Phi) is 3.63. The van der Waals surface area contributed by atoms with Gasteiger partial charge in [0.05, 0.1) is 0 Å². The lowest BCUT2D eigenvalue weighted by Gasteiger charge is -2.26. The van der Waals surface area contributed by atoms with Crippen molar-refractivity contribution in [1.29, 1.82) is 0 Å². The summed E-state index contributed by atoms with van der Waals surface area (Å²) in [7, 11) is 0. The summed E-state index contributed by atoms with van der Waals surface area (Å²) in [6.45, 7) is 10.2. The lowest BCUT2D eigenvalue weighted by molar-refractivity contribution is -0.124. The minimum Gasteiger partial charge on any atom is -0.329 e. The Labute approximate surface area is 135 Å². The molecule has 0 radical (unpaired) electrons. The lowest BCUT2D eigenvalue weighted by Crippen LogP contribution is -2.40. The van der Waals surface area contributed by atoms with Gasteiger partial charge in [0.1, 0.15) is 6.04 Å². The number of allylic oxidation sites excluding steroid dienone is 1. The van der Waals surface area contributed by atoms with Gasteiger partial charge in [-0.3, -0.25) is 9.59 Å². The van der Waals surface area contributed by atoms with E-state index in [9.17, 15) is 9.59 Å². The van der Waals surface area contributed by atoms with Gasteiger partial charge in [-0.1, -0.05) is 39.5 Å². The van der Waals surface area contributed by atoms with Crippen LogP contribution in [0.1, 0.15) is 45.2 Å². The molecule has 4 heteroatoms. The van der Waals surface area contributed by atoms with Crippen LogP contribution < -0.4 is 10.9 Å². The third-order valence-electron chi connectivity index (χ3n) is 4.44. The van der Waals surface area contributed by atoms with E-state index in [1.54, 1.807) is 10.8 Å². The largest absolute Gasteiger partial charge is 0.329 e. The van der Waals surface area contributed by atoms with E-state index in [0.717, 1.165) is 16.6 Å². The number of fused-ring (bicyclic) bond motifs is 1. The van der Waals surface area contributed by atoms with Crippen LogP contribution in [0.3, 0.4) is 0 Å². The Morgan fingerprint density at radius 1 is 1.17 bits per heavy atom. The molecule has 0 bridgehead atoms. The number of carbonyl (C=O) groups is 1. The first-order valence-corrected chi connectivity index (χ1v) is 7.92. The summed E-state index contributed by atoms with van der Waals surface area (Å²) in [5, 5.41) is 4.37. The highest BCUT2D eigenvalue weighted by Crippen LogP contribution is 2.29. The third-order valence-corrected chi connectivity index (χ3v) is 4.44. The third kappa shape index (κ3) is 2.69. The van der Waals surface area contributed by atoms with E-state index in [2.05, 4.69) is 38.7 Å². The number of hydrogen-bond donors (Lipinski definition) is 1. The summed E-state index contributed by atoms with van der Waals surface area (Å²) >= 11 is 0. The minimum absolute atomic E-state index is 0.0436. The highest BCUT2D eigenvalue weighted by Gasteiger charge is 2.27. The first-order valence-electron chi connectivity index (χ1n) is 7.92. The van der Waals surface area contributed by atoms with Crippen LogP contribution >= 0.6 is 0 Å². The van der Waals surface area contributed by atoms with E-state index < -0.39 is 6.04 Å². The van der Waals surface area contributed by atoms with Gasteiger partial charge >= 0.3 is 0 Å². The molecule has 1 atom stereocenters. The van der Waals surface area contributed by atoms with Crippen LogP contribution in [-0.2, 0) is 10.2 Å². The van der Waals surface area contributed by atoms with E-state index in [0.29, 0.717) is 18.2 Å². The number of piperidine rings is 1. The summed E-state index contributed by atoms with van der Waals surface area (Å²) in [6.07, 6.45) is 3.05. The standard InChI is InChI=1S/C19H22N2O2/c1-12-8-9-16(17(22)20-12)21-11-10-13-14(18(21)23)6-5-7-15(13)19(2,3)4/h5-7,10-11,16H,1,8-9H2,2-4H3,(H,20,22). The predicted octanol–water partition coefficient (Wildman–Crippen LogP) is 3.26. The normalized spacial score (nSPS) is 19.0. The van der Waals surface area contributed by atoms with Crippen molar-refractivity contribution in [3.8, 4) is 0 Å². The van der Waals surface area contributed by atoms with Crippen LogP contribution in [0, 0.1) is 0 Å². The number of hydrogen-bond acceptors (Lipinski definition) is 2. The lowest BCUT2D eigenvalue weighted by atomic mass is 9.84. The molecule has 120 valence electrons. The molecule has 23 heavy (non-hydrogen) atoms. The summed E-state index contributed by atoms with van der Waals surface area (Å²) in [6, 6.07) is 7.30. The number of pyridine rings is 1. The Hall–Kier alpha value is -2.36. The molecule has 1 aliphatic rings. The fourth-order valence-electron chi connectivity index (χ4n) is 3.22. The zero-order valence-corrected chi connectivity index (χ0v) is 13.8. The molecule has 1 aromatic carbocycles. The fraction of sp³-hybridized carbons (Fsp3) is 0.368. The molecule has 1 unspecified atom stereocenters. The smallest absolute Gasteiger partial charge is 0.259 e. The summed E-state index contributed by atoms with van der Waals surface area (Å²) < 4.78 is 1.55. The molecule has 1 fully saturated rings. The average Bonchev–Trinajstić information content (AvgIpc) is 2.47. The van der Waals surface area contributed by atoms with Crippen LogP contribution in [0.5, 0.6) is 0 Å². The van der Waals surface area contributed by atoms with Gasteiger partial charge in [-0.2, -0.15) is 0 Å². The number of aromatic nitrogens is 1. The number of carbonyl (C=O) groups excluding carboxylic acids is 1. The Morgan fingerprint density at radius 2 is 1.91 bits per heavy atom. The maximum absolute atomic E-state index is 12.9.